The number of benzene rings is 1. The number of hydrogen-bond acceptors (Lipinski definition) is 9. The Morgan fingerprint density at radius 1 is 1.26 bits per heavy atom. The molecule has 1 amide bonds. The van der Waals surface area contributed by atoms with Gasteiger partial charge in [-0.1, -0.05) is 0 Å². The van der Waals surface area contributed by atoms with E-state index in [1.807, 2.05) is 6.92 Å². The van der Waals surface area contributed by atoms with Crippen LogP contribution in [0.15, 0.2) is 24.5 Å². The van der Waals surface area contributed by atoms with Crippen LogP contribution < -0.4 is 20.7 Å². The SMILES string of the molecule is CCNC(=O)c1ccc(Nc2nc(NC3CCN(S(C)(=O)=O)CC3)c3nc[nH]c3n2)c(OC)c1. The molecule has 0 spiro atoms. The van der Waals surface area contributed by atoms with Crippen molar-refractivity contribution in [2.45, 2.75) is 25.8 Å². The number of nitrogens with one attached hydrogen (secondary N) is 4. The Hall–Kier alpha value is -3.45. The lowest BCUT2D eigenvalue weighted by Crippen LogP contribution is -2.42. The number of rotatable bonds is 8. The number of carbonyl (C=O) groups excluding carboxylic acids is 1. The quantitative estimate of drug-likeness (QED) is 0.371. The van der Waals surface area contributed by atoms with Crippen LogP contribution in [-0.4, -0.2) is 77.6 Å². The lowest BCUT2D eigenvalue weighted by Gasteiger charge is -2.30. The van der Waals surface area contributed by atoms with E-state index in [2.05, 4.69) is 35.9 Å². The molecular formula is C21H28N8O4S. The summed E-state index contributed by atoms with van der Waals surface area (Å²) in [6.45, 7) is 3.29. The number of hydrogen-bond donors (Lipinski definition) is 4. The zero-order valence-electron chi connectivity index (χ0n) is 19.3. The smallest absolute Gasteiger partial charge is 0.251 e. The number of H-pyrrole nitrogens is 1. The molecule has 1 saturated heterocycles. The molecule has 0 unspecified atom stereocenters. The van der Waals surface area contributed by atoms with Gasteiger partial charge in [0, 0.05) is 31.2 Å². The fraction of sp³-hybridized carbons (Fsp3) is 0.429. The summed E-state index contributed by atoms with van der Waals surface area (Å²) >= 11 is 0. The predicted molar refractivity (Wildman–Crippen MR) is 129 cm³/mol. The standard InChI is InChI=1S/C21H28N8O4S/c1-4-22-20(30)13-5-6-15(16(11-13)33-2)26-21-27-18-17(23-12-24-18)19(28-21)25-14-7-9-29(10-8-14)34(3,31)32/h5-6,11-12,14H,4,7-10H2,1-3H3,(H,22,30)(H3,23,24,25,26,27,28). The van der Waals surface area contributed by atoms with Crippen LogP contribution in [0.3, 0.4) is 0 Å². The van der Waals surface area contributed by atoms with Crippen molar-refractivity contribution < 1.29 is 17.9 Å². The van der Waals surface area contributed by atoms with Gasteiger partial charge in [0.2, 0.25) is 16.0 Å². The van der Waals surface area contributed by atoms with Crippen molar-refractivity contribution >= 4 is 44.5 Å². The van der Waals surface area contributed by atoms with E-state index in [9.17, 15) is 13.2 Å². The van der Waals surface area contributed by atoms with Gasteiger partial charge in [0.05, 0.1) is 25.4 Å². The molecule has 0 saturated carbocycles. The highest BCUT2D eigenvalue weighted by atomic mass is 32.2. The van der Waals surface area contributed by atoms with E-state index in [-0.39, 0.29) is 11.9 Å². The number of ether oxygens (including phenoxy) is 1. The first-order valence-corrected chi connectivity index (χ1v) is 12.8. The summed E-state index contributed by atoms with van der Waals surface area (Å²) in [7, 11) is -1.67. The van der Waals surface area contributed by atoms with Crippen molar-refractivity contribution in [1.82, 2.24) is 29.6 Å². The van der Waals surface area contributed by atoms with Crippen LogP contribution >= 0.6 is 0 Å². The Morgan fingerprint density at radius 2 is 2.03 bits per heavy atom. The van der Waals surface area contributed by atoms with E-state index in [1.165, 1.54) is 17.7 Å². The molecule has 12 nitrogen and oxygen atoms in total. The maximum Gasteiger partial charge on any atom is 0.251 e. The van der Waals surface area contributed by atoms with E-state index in [0.717, 1.165) is 0 Å². The number of sulfonamides is 1. The molecule has 0 radical (unpaired) electrons. The van der Waals surface area contributed by atoms with Crippen molar-refractivity contribution in [3.05, 3.63) is 30.1 Å². The number of aromatic nitrogens is 4. The summed E-state index contributed by atoms with van der Waals surface area (Å²) in [5.41, 5.74) is 2.22. The first kappa shape index (κ1) is 23.7. The fourth-order valence-corrected chi connectivity index (χ4v) is 4.71. The molecule has 3 aromatic rings. The molecule has 13 heteroatoms. The van der Waals surface area contributed by atoms with Crippen LogP contribution in [0, 0.1) is 0 Å². The number of carbonyl (C=O) groups is 1. The van der Waals surface area contributed by atoms with Crippen molar-refractivity contribution in [3.63, 3.8) is 0 Å². The van der Waals surface area contributed by atoms with Gasteiger partial charge < -0.3 is 25.7 Å². The van der Waals surface area contributed by atoms with Crippen LogP contribution in [0.25, 0.3) is 11.2 Å². The fourth-order valence-electron chi connectivity index (χ4n) is 3.84. The maximum atomic E-state index is 12.1. The van der Waals surface area contributed by atoms with Gasteiger partial charge in [-0.15, -0.1) is 0 Å². The van der Waals surface area contributed by atoms with Crippen LogP contribution in [0.2, 0.25) is 0 Å². The Morgan fingerprint density at radius 3 is 2.71 bits per heavy atom. The van der Waals surface area contributed by atoms with Crippen molar-refractivity contribution in [2.24, 2.45) is 0 Å². The molecule has 4 N–H and O–H groups in total. The van der Waals surface area contributed by atoms with E-state index in [4.69, 9.17) is 4.74 Å². The number of piperidine rings is 1. The van der Waals surface area contributed by atoms with E-state index < -0.39 is 10.0 Å². The Balaban J connectivity index is 1.55. The molecule has 0 aliphatic carbocycles. The van der Waals surface area contributed by atoms with Crippen molar-refractivity contribution in [2.75, 3.05) is 43.6 Å². The summed E-state index contributed by atoms with van der Waals surface area (Å²) in [5.74, 6) is 1.15. The van der Waals surface area contributed by atoms with Crippen molar-refractivity contribution in [1.29, 1.82) is 0 Å². The van der Waals surface area contributed by atoms with E-state index in [1.54, 1.807) is 24.5 Å². The van der Waals surface area contributed by atoms with Crippen LogP contribution in [-0.2, 0) is 10.0 Å². The molecule has 0 atom stereocenters. The van der Waals surface area contributed by atoms with Gasteiger partial charge in [-0.3, -0.25) is 4.79 Å². The van der Waals surface area contributed by atoms with E-state index in [0.29, 0.717) is 72.4 Å². The Kier molecular flexibility index (Phi) is 6.84. The van der Waals surface area contributed by atoms with Gasteiger partial charge in [0.25, 0.3) is 5.91 Å². The number of aromatic amines is 1. The molecule has 34 heavy (non-hydrogen) atoms. The normalized spacial score (nSPS) is 15.3. The number of fused-ring (bicyclic) bond motifs is 1. The predicted octanol–water partition coefficient (Wildman–Crippen LogP) is 1.69. The first-order chi connectivity index (χ1) is 16.3. The van der Waals surface area contributed by atoms with Crippen LogP contribution in [0.4, 0.5) is 17.5 Å². The zero-order valence-corrected chi connectivity index (χ0v) is 20.1. The van der Waals surface area contributed by atoms with Gasteiger partial charge in [0.1, 0.15) is 11.3 Å². The molecule has 1 aromatic carbocycles. The van der Waals surface area contributed by atoms with Gasteiger partial charge in [-0.05, 0) is 38.0 Å². The highest BCUT2D eigenvalue weighted by Gasteiger charge is 2.26. The van der Waals surface area contributed by atoms with Crippen molar-refractivity contribution in [3.8, 4) is 5.75 Å². The van der Waals surface area contributed by atoms with E-state index >= 15 is 0 Å². The molecule has 2 aromatic heterocycles. The molecule has 1 aliphatic heterocycles. The summed E-state index contributed by atoms with van der Waals surface area (Å²) in [6, 6.07) is 5.13. The first-order valence-electron chi connectivity index (χ1n) is 10.9. The highest BCUT2D eigenvalue weighted by molar-refractivity contribution is 7.88. The third-order valence-electron chi connectivity index (χ3n) is 5.59. The van der Waals surface area contributed by atoms with Gasteiger partial charge >= 0.3 is 0 Å². The van der Waals surface area contributed by atoms with Crippen LogP contribution in [0.5, 0.6) is 5.75 Å². The minimum Gasteiger partial charge on any atom is -0.495 e. The minimum absolute atomic E-state index is 0.0477. The topological polar surface area (TPSA) is 154 Å². The second-order valence-corrected chi connectivity index (χ2v) is 9.96. The average Bonchev–Trinajstić information content (AvgIpc) is 3.28. The Labute approximate surface area is 197 Å². The molecule has 4 rings (SSSR count). The molecule has 3 heterocycles. The molecule has 1 aliphatic rings. The second kappa shape index (κ2) is 9.81. The highest BCUT2D eigenvalue weighted by Crippen LogP contribution is 2.29. The largest absolute Gasteiger partial charge is 0.495 e. The molecule has 0 bridgehead atoms. The molecular weight excluding hydrogens is 460 g/mol. The lowest BCUT2D eigenvalue weighted by molar-refractivity contribution is 0.0955. The zero-order chi connectivity index (χ0) is 24.3. The number of imidazole rings is 1. The summed E-state index contributed by atoms with van der Waals surface area (Å²) in [4.78, 5) is 28.6. The molecule has 1 fully saturated rings. The third kappa shape index (κ3) is 5.20. The average molecular weight is 489 g/mol. The lowest BCUT2D eigenvalue weighted by atomic mass is 10.1. The minimum atomic E-state index is -3.19. The number of nitrogens with zero attached hydrogens (tertiary/aromatic N) is 4. The summed E-state index contributed by atoms with van der Waals surface area (Å²) in [5, 5.41) is 9.31. The van der Waals surface area contributed by atoms with Gasteiger partial charge in [-0.2, -0.15) is 9.97 Å². The van der Waals surface area contributed by atoms with Gasteiger partial charge in [-0.25, -0.2) is 17.7 Å². The summed E-state index contributed by atoms with van der Waals surface area (Å²) in [6.07, 6.45) is 4.08. The second-order valence-electron chi connectivity index (χ2n) is 7.98. The number of amides is 1. The number of anilines is 3. The molecule has 182 valence electrons. The van der Waals surface area contributed by atoms with Gasteiger partial charge in [0.15, 0.2) is 11.5 Å². The Bertz CT molecular complexity index is 1290. The van der Waals surface area contributed by atoms with Crippen LogP contribution in [0.1, 0.15) is 30.1 Å². The maximum absolute atomic E-state index is 12.1. The summed E-state index contributed by atoms with van der Waals surface area (Å²) < 4.78 is 30.5. The third-order valence-corrected chi connectivity index (χ3v) is 6.89. The number of methoxy groups -OCH3 is 1. The monoisotopic (exact) mass is 488 g/mol.